The van der Waals surface area contributed by atoms with Crippen molar-refractivity contribution >= 4 is 11.5 Å². The van der Waals surface area contributed by atoms with Crippen molar-refractivity contribution in [3.05, 3.63) is 40.1 Å². The zero-order valence-electron chi connectivity index (χ0n) is 12.2. The van der Waals surface area contributed by atoms with E-state index in [4.69, 9.17) is 10.3 Å². The van der Waals surface area contributed by atoms with Gasteiger partial charge < -0.3 is 15.2 Å². The van der Waals surface area contributed by atoms with Gasteiger partial charge in [-0.25, -0.2) is 0 Å². The lowest BCUT2D eigenvalue weighted by Crippen LogP contribution is -2.19. The number of nitrogens with two attached hydrogens (primary N) is 1. The fourth-order valence-corrected chi connectivity index (χ4v) is 2.48. The molecule has 2 rings (SSSR count). The van der Waals surface area contributed by atoms with Gasteiger partial charge in [0.15, 0.2) is 11.6 Å². The molecule has 0 amide bonds. The SMILES string of the molecule is Cc1cc(C)c(C)c(N(C)Cc2cc(N)no2)c1C. The Morgan fingerprint density at radius 2 is 1.68 bits per heavy atom. The maximum atomic E-state index is 5.58. The van der Waals surface area contributed by atoms with E-state index in [1.54, 1.807) is 6.07 Å². The fraction of sp³-hybridized carbons (Fsp3) is 0.400. The number of nitrogens with zero attached hydrogens (tertiary/aromatic N) is 2. The summed E-state index contributed by atoms with van der Waals surface area (Å²) in [7, 11) is 2.06. The van der Waals surface area contributed by atoms with Crippen LogP contribution in [0.3, 0.4) is 0 Å². The first-order valence-corrected chi connectivity index (χ1v) is 6.39. The van der Waals surface area contributed by atoms with Gasteiger partial charge in [-0.1, -0.05) is 11.2 Å². The van der Waals surface area contributed by atoms with Crippen molar-refractivity contribution in [1.29, 1.82) is 0 Å². The summed E-state index contributed by atoms with van der Waals surface area (Å²) in [6.45, 7) is 9.26. The maximum Gasteiger partial charge on any atom is 0.167 e. The highest BCUT2D eigenvalue weighted by atomic mass is 16.5. The van der Waals surface area contributed by atoms with Gasteiger partial charge in [-0.05, 0) is 49.9 Å². The third kappa shape index (κ3) is 2.57. The number of anilines is 2. The molecule has 0 atom stereocenters. The molecule has 1 heterocycles. The molecule has 0 fully saturated rings. The van der Waals surface area contributed by atoms with Crippen LogP contribution in [0.25, 0.3) is 0 Å². The summed E-state index contributed by atoms with van der Waals surface area (Å²) < 4.78 is 5.18. The third-order valence-electron chi connectivity index (χ3n) is 3.68. The minimum absolute atomic E-state index is 0.428. The molecular formula is C15H21N3O. The van der Waals surface area contributed by atoms with E-state index in [2.05, 4.69) is 50.9 Å². The van der Waals surface area contributed by atoms with Crippen LogP contribution in [0.5, 0.6) is 0 Å². The predicted molar refractivity (Wildman–Crippen MR) is 78.4 cm³/mol. The van der Waals surface area contributed by atoms with Gasteiger partial charge in [-0.15, -0.1) is 0 Å². The molecule has 0 bridgehead atoms. The minimum atomic E-state index is 0.428. The van der Waals surface area contributed by atoms with Gasteiger partial charge in [-0.2, -0.15) is 0 Å². The number of nitrogen functional groups attached to an aromatic ring is 1. The molecule has 1 aromatic carbocycles. The van der Waals surface area contributed by atoms with Crippen LogP contribution < -0.4 is 10.6 Å². The Morgan fingerprint density at radius 1 is 1.11 bits per heavy atom. The van der Waals surface area contributed by atoms with Gasteiger partial charge in [0, 0.05) is 18.8 Å². The smallest absolute Gasteiger partial charge is 0.167 e. The van der Waals surface area contributed by atoms with Gasteiger partial charge >= 0.3 is 0 Å². The molecule has 2 aromatic rings. The lowest BCUT2D eigenvalue weighted by Gasteiger charge is -2.25. The van der Waals surface area contributed by atoms with Crippen molar-refractivity contribution in [3.8, 4) is 0 Å². The number of benzene rings is 1. The van der Waals surface area contributed by atoms with E-state index < -0.39 is 0 Å². The van der Waals surface area contributed by atoms with Gasteiger partial charge in [0.2, 0.25) is 0 Å². The molecule has 19 heavy (non-hydrogen) atoms. The van der Waals surface area contributed by atoms with Crippen LogP contribution in [-0.2, 0) is 6.54 Å². The molecule has 0 saturated heterocycles. The Labute approximate surface area is 114 Å². The molecule has 0 aliphatic heterocycles. The molecule has 0 aliphatic rings. The van der Waals surface area contributed by atoms with Crippen LogP contribution >= 0.6 is 0 Å². The average molecular weight is 259 g/mol. The van der Waals surface area contributed by atoms with E-state index in [0.717, 1.165) is 5.76 Å². The highest BCUT2D eigenvalue weighted by Gasteiger charge is 2.14. The molecule has 0 spiro atoms. The third-order valence-corrected chi connectivity index (χ3v) is 3.68. The standard InChI is InChI=1S/C15H21N3O/c1-9-6-10(2)12(4)15(11(9)3)18(5)8-13-7-14(16)17-19-13/h6-7H,8H2,1-5H3,(H2,16,17). The fourth-order valence-electron chi connectivity index (χ4n) is 2.48. The summed E-state index contributed by atoms with van der Waals surface area (Å²) in [5.41, 5.74) is 12.1. The Morgan fingerprint density at radius 3 is 2.16 bits per heavy atom. The predicted octanol–water partition coefficient (Wildman–Crippen LogP) is 3.13. The number of rotatable bonds is 3. The van der Waals surface area contributed by atoms with Crippen LogP contribution in [-0.4, -0.2) is 12.2 Å². The zero-order chi connectivity index (χ0) is 14.2. The summed E-state index contributed by atoms with van der Waals surface area (Å²) in [5, 5.41) is 3.72. The summed E-state index contributed by atoms with van der Waals surface area (Å²) in [6.07, 6.45) is 0. The van der Waals surface area contributed by atoms with Crippen molar-refractivity contribution in [2.75, 3.05) is 17.7 Å². The largest absolute Gasteiger partial charge is 0.381 e. The molecule has 1 aromatic heterocycles. The topological polar surface area (TPSA) is 55.3 Å². The van der Waals surface area contributed by atoms with E-state index in [-0.39, 0.29) is 0 Å². The van der Waals surface area contributed by atoms with E-state index in [9.17, 15) is 0 Å². The van der Waals surface area contributed by atoms with Crippen molar-refractivity contribution < 1.29 is 4.52 Å². The summed E-state index contributed by atoms with van der Waals surface area (Å²) in [4.78, 5) is 2.19. The number of aromatic nitrogens is 1. The van der Waals surface area contributed by atoms with E-state index in [1.807, 2.05) is 0 Å². The second kappa shape index (κ2) is 4.96. The van der Waals surface area contributed by atoms with Gasteiger partial charge in [0.25, 0.3) is 0 Å². The summed E-state index contributed by atoms with van der Waals surface area (Å²) in [5.74, 6) is 1.20. The van der Waals surface area contributed by atoms with Gasteiger partial charge in [0.1, 0.15) is 0 Å². The van der Waals surface area contributed by atoms with Crippen molar-refractivity contribution in [2.45, 2.75) is 34.2 Å². The zero-order valence-corrected chi connectivity index (χ0v) is 12.2. The quantitative estimate of drug-likeness (QED) is 0.920. The molecule has 0 aliphatic carbocycles. The Kier molecular flexibility index (Phi) is 3.51. The monoisotopic (exact) mass is 259 g/mol. The van der Waals surface area contributed by atoms with Crippen LogP contribution in [0.15, 0.2) is 16.7 Å². The second-order valence-corrected chi connectivity index (χ2v) is 5.18. The van der Waals surface area contributed by atoms with E-state index in [0.29, 0.717) is 12.4 Å². The first-order chi connectivity index (χ1) is 8.90. The molecule has 0 saturated carbocycles. The first kappa shape index (κ1) is 13.5. The molecule has 0 unspecified atom stereocenters. The Bertz CT molecular complexity index is 575. The lowest BCUT2D eigenvalue weighted by atomic mass is 9.98. The average Bonchev–Trinajstić information content (AvgIpc) is 2.72. The Balaban J connectivity index is 2.36. The molecule has 102 valence electrons. The van der Waals surface area contributed by atoms with Crippen molar-refractivity contribution in [2.24, 2.45) is 0 Å². The maximum absolute atomic E-state index is 5.58. The van der Waals surface area contributed by atoms with E-state index in [1.165, 1.54) is 27.9 Å². The second-order valence-electron chi connectivity index (χ2n) is 5.18. The molecule has 2 N–H and O–H groups in total. The highest BCUT2D eigenvalue weighted by Crippen LogP contribution is 2.30. The minimum Gasteiger partial charge on any atom is -0.381 e. The molecular weight excluding hydrogens is 238 g/mol. The van der Waals surface area contributed by atoms with Gasteiger partial charge in [-0.3, -0.25) is 0 Å². The Hall–Kier alpha value is -1.97. The first-order valence-electron chi connectivity index (χ1n) is 6.39. The summed E-state index contributed by atoms with van der Waals surface area (Å²) >= 11 is 0. The van der Waals surface area contributed by atoms with E-state index >= 15 is 0 Å². The van der Waals surface area contributed by atoms with Crippen LogP contribution in [0.1, 0.15) is 28.0 Å². The number of hydrogen-bond donors (Lipinski definition) is 1. The molecule has 4 nitrogen and oxygen atoms in total. The van der Waals surface area contributed by atoms with Gasteiger partial charge in [0.05, 0.1) is 6.54 Å². The van der Waals surface area contributed by atoms with Crippen LogP contribution in [0.2, 0.25) is 0 Å². The van der Waals surface area contributed by atoms with Crippen LogP contribution in [0, 0.1) is 27.7 Å². The summed E-state index contributed by atoms with van der Waals surface area (Å²) in [6, 6.07) is 4.00. The van der Waals surface area contributed by atoms with Crippen LogP contribution in [0.4, 0.5) is 11.5 Å². The van der Waals surface area contributed by atoms with Crippen molar-refractivity contribution in [3.63, 3.8) is 0 Å². The lowest BCUT2D eigenvalue weighted by molar-refractivity contribution is 0.385. The number of hydrogen-bond acceptors (Lipinski definition) is 4. The number of aryl methyl sites for hydroxylation is 2. The molecule has 0 radical (unpaired) electrons. The van der Waals surface area contributed by atoms with Crippen molar-refractivity contribution in [1.82, 2.24) is 5.16 Å². The molecule has 4 heteroatoms. The normalized spacial score (nSPS) is 10.8. The highest BCUT2D eigenvalue weighted by molar-refractivity contribution is 5.63.